The average Bonchev–Trinajstić information content (AvgIpc) is 2.48. The van der Waals surface area contributed by atoms with Gasteiger partial charge < -0.3 is 16.0 Å². The number of para-hydroxylation sites is 1. The molecule has 0 unspecified atom stereocenters. The third kappa shape index (κ3) is 2.10. The number of nitrogens with two attached hydrogens (primary N) is 1. The number of halogens is 1. The fourth-order valence-electron chi connectivity index (χ4n) is 2.58. The summed E-state index contributed by atoms with van der Waals surface area (Å²) in [5, 5.41) is 3.91. The fourth-order valence-corrected chi connectivity index (χ4v) is 2.75. The first kappa shape index (κ1) is 12.9. The quantitative estimate of drug-likeness (QED) is 0.889. The summed E-state index contributed by atoms with van der Waals surface area (Å²) in [6, 6.07) is 16.1. The first-order valence-corrected chi connectivity index (χ1v) is 6.87. The van der Waals surface area contributed by atoms with Gasteiger partial charge in [-0.05, 0) is 30.3 Å². The summed E-state index contributed by atoms with van der Waals surface area (Å²) < 4.78 is 0. The Morgan fingerprint density at radius 3 is 2.60 bits per heavy atom. The Morgan fingerprint density at radius 2 is 1.90 bits per heavy atom. The summed E-state index contributed by atoms with van der Waals surface area (Å²) in [5.41, 5.74) is 11.3. The van der Waals surface area contributed by atoms with Crippen molar-refractivity contribution in [3.8, 4) is 0 Å². The highest BCUT2D eigenvalue weighted by atomic mass is 35.5. The van der Waals surface area contributed by atoms with Gasteiger partial charge in [-0.3, -0.25) is 0 Å². The van der Waals surface area contributed by atoms with Crippen LogP contribution >= 0.6 is 11.6 Å². The fraction of sp³-hybridized carbons (Fsp3) is 0.125. The zero-order valence-electron chi connectivity index (χ0n) is 11.2. The van der Waals surface area contributed by atoms with E-state index in [1.807, 2.05) is 43.4 Å². The molecule has 1 aliphatic heterocycles. The van der Waals surface area contributed by atoms with Gasteiger partial charge in [-0.15, -0.1) is 0 Å². The summed E-state index contributed by atoms with van der Waals surface area (Å²) in [6.45, 7) is 0.646. The van der Waals surface area contributed by atoms with Crippen LogP contribution in [0.4, 0.5) is 11.4 Å². The van der Waals surface area contributed by atoms with Crippen molar-refractivity contribution in [2.24, 2.45) is 5.73 Å². The van der Waals surface area contributed by atoms with E-state index < -0.39 is 0 Å². The van der Waals surface area contributed by atoms with Crippen LogP contribution in [0, 0.1) is 0 Å². The van der Waals surface area contributed by atoms with E-state index in [4.69, 9.17) is 17.3 Å². The van der Waals surface area contributed by atoms with Crippen LogP contribution in [0.15, 0.2) is 54.2 Å². The van der Waals surface area contributed by atoms with Crippen molar-refractivity contribution < 1.29 is 0 Å². The van der Waals surface area contributed by atoms with E-state index in [1.165, 1.54) is 0 Å². The lowest BCUT2D eigenvalue weighted by Gasteiger charge is -2.33. The Morgan fingerprint density at radius 1 is 1.15 bits per heavy atom. The number of nitrogens with zero attached hydrogens (tertiary/aromatic N) is 1. The van der Waals surface area contributed by atoms with Gasteiger partial charge in [0.15, 0.2) is 0 Å². The zero-order chi connectivity index (χ0) is 14.1. The second-order valence-electron chi connectivity index (χ2n) is 4.73. The van der Waals surface area contributed by atoms with Crippen LogP contribution in [0.1, 0.15) is 5.56 Å². The zero-order valence-corrected chi connectivity index (χ0v) is 12.0. The molecule has 0 bridgehead atoms. The van der Waals surface area contributed by atoms with Crippen LogP contribution in [-0.2, 0) is 0 Å². The SMILES string of the molecule is CNC1=C(N)CN(c2ccccc2)c2cc(Cl)ccc21. The maximum Gasteiger partial charge on any atom is 0.0648 e. The lowest BCUT2D eigenvalue weighted by atomic mass is 10.0. The van der Waals surface area contributed by atoms with Gasteiger partial charge in [0.2, 0.25) is 0 Å². The van der Waals surface area contributed by atoms with Gasteiger partial charge in [-0.25, -0.2) is 0 Å². The Labute approximate surface area is 123 Å². The van der Waals surface area contributed by atoms with E-state index in [1.54, 1.807) is 0 Å². The molecule has 2 aromatic rings. The van der Waals surface area contributed by atoms with Gasteiger partial charge in [0.1, 0.15) is 0 Å². The molecule has 0 spiro atoms. The van der Waals surface area contributed by atoms with E-state index in [9.17, 15) is 0 Å². The van der Waals surface area contributed by atoms with Crippen LogP contribution in [0.25, 0.3) is 5.70 Å². The van der Waals surface area contributed by atoms with Crippen LogP contribution in [0.2, 0.25) is 5.02 Å². The Kier molecular flexibility index (Phi) is 3.28. The largest absolute Gasteiger partial charge is 0.399 e. The molecular weight excluding hydrogens is 270 g/mol. The predicted molar refractivity (Wildman–Crippen MR) is 85.1 cm³/mol. The molecule has 0 amide bonds. The lowest BCUT2D eigenvalue weighted by Crippen LogP contribution is -2.31. The number of hydrogen-bond acceptors (Lipinski definition) is 3. The van der Waals surface area contributed by atoms with Crippen molar-refractivity contribution in [3.63, 3.8) is 0 Å². The molecule has 3 N–H and O–H groups in total. The van der Waals surface area contributed by atoms with E-state index >= 15 is 0 Å². The van der Waals surface area contributed by atoms with Crippen molar-refractivity contribution in [1.82, 2.24) is 5.32 Å². The standard InChI is InChI=1S/C16H16ClN3/c1-19-16-13-8-7-11(17)9-15(13)20(10-14(16)18)12-5-3-2-4-6-12/h2-9,19H,10,18H2,1H3. The number of fused-ring (bicyclic) bond motifs is 1. The molecule has 3 rings (SSSR count). The number of hydrogen-bond donors (Lipinski definition) is 2. The molecule has 20 heavy (non-hydrogen) atoms. The summed E-state index contributed by atoms with van der Waals surface area (Å²) >= 11 is 6.16. The molecule has 0 aliphatic carbocycles. The molecule has 0 radical (unpaired) electrons. The molecule has 4 heteroatoms. The number of benzene rings is 2. The maximum absolute atomic E-state index is 6.21. The monoisotopic (exact) mass is 285 g/mol. The number of nitrogens with one attached hydrogen (secondary N) is 1. The molecule has 0 atom stereocenters. The highest BCUT2D eigenvalue weighted by molar-refractivity contribution is 6.31. The topological polar surface area (TPSA) is 41.3 Å². The molecular formula is C16H16ClN3. The van der Waals surface area contributed by atoms with E-state index in [0.29, 0.717) is 6.54 Å². The van der Waals surface area contributed by atoms with Gasteiger partial charge in [0, 0.05) is 23.3 Å². The summed E-state index contributed by atoms with van der Waals surface area (Å²) in [6.07, 6.45) is 0. The minimum atomic E-state index is 0.646. The lowest BCUT2D eigenvalue weighted by molar-refractivity contribution is 0.959. The second-order valence-corrected chi connectivity index (χ2v) is 5.17. The molecule has 102 valence electrons. The highest BCUT2D eigenvalue weighted by Gasteiger charge is 2.23. The normalized spacial score (nSPS) is 14.2. The van der Waals surface area contributed by atoms with E-state index in [0.717, 1.165) is 33.4 Å². The van der Waals surface area contributed by atoms with Crippen molar-refractivity contribution in [3.05, 3.63) is 64.8 Å². The number of rotatable bonds is 2. The molecule has 0 saturated carbocycles. The smallest absolute Gasteiger partial charge is 0.0648 e. The van der Waals surface area contributed by atoms with Crippen LogP contribution < -0.4 is 16.0 Å². The molecule has 3 nitrogen and oxygen atoms in total. The first-order chi connectivity index (χ1) is 9.70. The average molecular weight is 286 g/mol. The summed E-state index contributed by atoms with van der Waals surface area (Å²) in [4.78, 5) is 2.18. The summed E-state index contributed by atoms with van der Waals surface area (Å²) in [5.74, 6) is 0. The summed E-state index contributed by atoms with van der Waals surface area (Å²) in [7, 11) is 1.89. The minimum absolute atomic E-state index is 0.646. The third-order valence-corrected chi connectivity index (χ3v) is 3.72. The van der Waals surface area contributed by atoms with Crippen molar-refractivity contribution in [2.75, 3.05) is 18.5 Å². The third-order valence-electron chi connectivity index (χ3n) is 3.49. The van der Waals surface area contributed by atoms with Crippen molar-refractivity contribution >= 4 is 28.7 Å². The van der Waals surface area contributed by atoms with Gasteiger partial charge >= 0.3 is 0 Å². The van der Waals surface area contributed by atoms with Crippen LogP contribution in [0.5, 0.6) is 0 Å². The van der Waals surface area contributed by atoms with Crippen molar-refractivity contribution in [2.45, 2.75) is 0 Å². The molecule has 1 heterocycles. The van der Waals surface area contributed by atoms with Gasteiger partial charge in [0.25, 0.3) is 0 Å². The predicted octanol–water partition coefficient (Wildman–Crippen LogP) is 3.34. The molecule has 2 aromatic carbocycles. The van der Waals surface area contributed by atoms with Gasteiger partial charge in [-0.1, -0.05) is 29.8 Å². The maximum atomic E-state index is 6.21. The van der Waals surface area contributed by atoms with E-state index in [2.05, 4.69) is 22.3 Å². The van der Waals surface area contributed by atoms with E-state index in [-0.39, 0.29) is 0 Å². The first-order valence-electron chi connectivity index (χ1n) is 6.49. The molecule has 0 aromatic heterocycles. The Balaban J connectivity index is 2.18. The second kappa shape index (κ2) is 5.10. The Bertz CT molecular complexity index is 665. The van der Waals surface area contributed by atoms with Gasteiger partial charge in [0.05, 0.1) is 23.6 Å². The highest BCUT2D eigenvalue weighted by Crippen LogP contribution is 2.38. The molecule has 0 saturated heterocycles. The van der Waals surface area contributed by atoms with Crippen LogP contribution in [0.3, 0.4) is 0 Å². The van der Waals surface area contributed by atoms with Crippen LogP contribution in [-0.4, -0.2) is 13.6 Å². The molecule has 0 fully saturated rings. The molecule has 1 aliphatic rings. The minimum Gasteiger partial charge on any atom is -0.399 e. The Hall–Kier alpha value is -2.13. The van der Waals surface area contributed by atoms with Crippen molar-refractivity contribution in [1.29, 1.82) is 0 Å². The number of anilines is 2. The van der Waals surface area contributed by atoms with Gasteiger partial charge in [-0.2, -0.15) is 0 Å².